The van der Waals surface area contributed by atoms with Crippen molar-refractivity contribution in [3.8, 4) is 11.1 Å². The van der Waals surface area contributed by atoms with Crippen LogP contribution in [-0.4, -0.2) is 32.6 Å². The van der Waals surface area contributed by atoms with Gasteiger partial charge in [-0.2, -0.15) is 0 Å². The molecule has 3 nitrogen and oxygen atoms in total. The summed E-state index contributed by atoms with van der Waals surface area (Å²) in [6, 6.07) is 27.8. The highest BCUT2D eigenvalue weighted by molar-refractivity contribution is 5.74. The Morgan fingerprint density at radius 3 is 1.98 bits per heavy atom. The second-order valence-electron chi connectivity index (χ2n) is 9.49. The number of hydrogen-bond acceptors (Lipinski definition) is 3. The number of aryl methyl sites for hydroxylation is 2. The van der Waals surface area contributed by atoms with Gasteiger partial charge in [0.1, 0.15) is 5.82 Å². The van der Waals surface area contributed by atoms with Crippen molar-refractivity contribution in [2.24, 2.45) is 0 Å². The molecule has 0 aromatic heterocycles. The monoisotopic (exact) mass is 535 g/mol. The number of rotatable bonds is 11. The van der Waals surface area contributed by atoms with E-state index in [1.165, 1.54) is 27.8 Å². The van der Waals surface area contributed by atoms with Gasteiger partial charge in [0.15, 0.2) is 0 Å². The van der Waals surface area contributed by atoms with E-state index in [2.05, 4.69) is 155 Å². The van der Waals surface area contributed by atoms with Crippen molar-refractivity contribution in [1.82, 2.24) is 15.5 Å². The molecule has 0 radical (unpaired) electrons. The molecule has 0 spiro atoms. The van der Waals surface area contributed by atoms with E-state index in [0.717, 1.165) is 42.1 Å². The van der Waals surface area contributed by atoms with Crippen molar-refractivity contribution in [2.45, 2.75) is 33.6 Å². The summed E-state index contributed by atoms with van der Waals surface area (Å²) < 4.78 is 0. The largest absolute Gasteiger partial charge is 0.371 e. The van der Waals surface area contributed by atoms with Crippen LogP contribution in [0.25, 0.3) is 16.7 Å². The topological polar surface area (TPSA) is 27.3 Å². The van der Waals surface area contributed by atoms with Gasteiger partial charge in [-0.1, -0.05) is 98.1 Å². The Labute approximate surface area is 244 Å². The first-order valence-corrected chi connectivity index (χ1v) is 13.8. The van der Waals surface area contributed by atoms with Gasteiger partial charge in [-0.3, -0.25) is 0 Å². The van der Waals surface area contributed by atoms with Crippen LogP contribution in [0, 0.1) is 6.92 Å². The minimum absolute atomic E-state index is 0.873. The van der Waals surface area contributed by atoms with E-state index in [0.29, 0.717) is 0 Å². The Balaban J connectivity index is 0.00000150. The second-order valence-corrected chi connectivity index (χ2v) is 9.49. The Kier molecular flexibility index (Phi) is 16.2. The lowest BCUT2D eigenvalue weighted by Gasteiger charge is -2.26. The first-order chi connectivity index (χ1) is 19.3. The average Bonchev–Trinajstić information content (AvgIpc) is 2.99. The fourth-order valence-electron chi connectivity index (χ4n) is 4.04. The zero-order valence-electron chi connectivity index (χ0n) is 25.6. The molecule has 0 saturated heterocycles. The summed E-state index contributed by atoms with van der Waals surface area (Å²) in [5.41, 5.74) is 9.57. The predicted octanol–water partition coefficient (Wildman–Crippen LogP) is 8.79. The Hall–Kier alpha value is -4.08. The molecule has 0 atom stereocenters. The molecule has 0 aliphatic carbocycles. The summed E-state index contributed by atoms with van der Waals surface area (Å²) in [4.78, 5) is 2.19. The van der Waals surface area contributed by atoms with Crippen molar-refractivity contribution < 1.29 is 0 Å². The third-order valence-electron chi connectivity index (χ3n) is 6.55. The standard InChI is InChI=1S/C33H38N2.C2H7N.C2H4/c1-7-25(2)28(5)35(6)33(24-27(4)32-18-12-11-14-26(32)3)34-23-13-15-29-19-21-31(22-20-29)30-16-9-8-10-17-30;1-3-2;1-2/h7-12,14,16-22,24,34H,1,4,13,15,23H2,2-3,5-6H3;3H,1-2H3;1-2H2/b28-25-,33-24-;;. The van der Waals surface area contributed by atoms with Gasteiger partial charge in [0.05, 0.1) is 0 Å². The smallest absolute Gasteiger partial charge is 0.106 e. The maximum atomic E-state index is 4.36. The Bertz CT molecular complexity index is 1230. The fourth-order valence-corrected chi connectivity index (χ4v) is 4.04. The number of nitrogens with zero attached hydrogens (tertiary/aromatic N) is 1. The molecule has 3 aromatic rings. The summed E-state index contributed by atoms with van der Waals surface area (Å²) in [5.74, 6) is 1.04. The second kappa shape index (κ2) is 19.1. The van der Waals surface area contributed by atoms with E-state index < -0.39 is 0 Å². The van der Waals surface area contributed by atoms with Gasteiger partial charge in [-0.25, -0.2) is 0 Å². The molecule has 0 bridgehead atoms. The number of hydrogen-bond donors (Lipinski definition) is 2. The molecule has 0 saturated carbocycles. The highest BCUT2D eigenvalue weighted by Crippen LogP contribution is 2.22. The molecule has 0 fully saturated rings. The van der Waals surface area contributed by atoms with Crippen LogP contribution in [0.4, 0.5) is 0 Å². The Morgan fingerprint density at radius 2 is 1.40 bits per heavy atom. The zero-order valence-corrected chi connectivity index (χ0v) is 25.6. The van der Waals surface area contributed by atoms with Crippen molar-refractivity contribution in [1.29, 1.82) is 0 Å². The zero-order chi connectivity index (χ0) is 29.9. The van der Waals surface area contributed by atoms with E-state index in [1.54, 1.807) is 0 Å². The lowest BCUT2D eigenvalue weighted by Crippen LogP contribution is -2.29. The summed E-state index contributed by atoms with van der Waals surface area (Å²) >= 11 is 0. The first-order valence-electron chi connectivity index (χ1n) is 13.8. The van der Waals surface area contributed by atoms with E-state index in [9.17, 15) is 0 Å². The highest BCUT2D eigenvalue weighted by Gasteiger charge is 2.10. The van der Waals surface area contributed by atoms with Crippen molar-refractivity contribution in [3.63, 3.8) is 0 Å². The molecular weight excluding hydrogens is 486 g/mol. The summed E-state index contributed by atoms with van der Waals surface area (Å²) in [6.45, 7) is 21.5. The highest BCUT2D eigenvalue weighted by atomic mass is 15.2. The van der Waals surface area contributed by atoms with E-state index in [4.69, 9.17) is 0 Å². The molecule has 0 heterocycles. The van der Waals surface area contributed by atoms with Crippen LogP contribution >= 0.6 is 0 Å². The van der Waals surface area contributed by atoms with Crippen LogP contribution in [0.1, 0.15) is 37.0 Å². The van der Waals surface area contributed by atoms with Crippen molar-refractivity contribution >= 4 is 5.57 Å². The SMILES string of the molecule is C=C.C=C/C(C)=C(/C)N(C)/C(=C\C(=C)c1ccccc1C)NCCCc1ccc(-c2ccccc2)cc1.CNC. The molecule has 2 N–H and O–H groups in total. The third-order valence-corrected chi connectivity index (χ3v) is 6.55. The molecule has 0 aliphatic heterocycles. The molecule has 0 aliphatic rings. The van der Waals surface area contributed by atoms with Crippen molar-refractivity contribution in [2.75, 3.05) is 27.7 Å². The molecule has 40 heavy (non-hydrogen) atoms. The molecule has 3 rings (SSSR count). The van der Waals surface area contributed by atoms with Gasteiger partial charge in [-0.15, -0.1) is 13.2 Å². The molecule has 3 heteroatoms. The van der Waals surface area contributed by atoms with Crippen LogP contribution in [0.5, 0.6) is 0 Å². The van der Waals surface area contributed by atoms with Gasteiger partial charge in [0.2, 0.25) is 0 Å². The van der Waals surface area contributed by atoms with Crippen molar-refractivity contribution in [3.05, 3.63) is 151 Å². The third kappa shape index (κ3) is 11.0. The summed E-state index contributed by atoms with van der Waals surface area (Å²) in [6.07, 6.45) is 6.11. The number of benzene rings is 3. The van der Waals surface area contributed by atoms with Gasteiger partial charge >= 0.3 is 0 Å². The van der Waals surface area contributed by atoms with Gasteiger partial charge in [0, 0.05) is 19.3 Å². The van der Waals surface area contributed by atoms with Gasteiger partial charge in [0.25, 0.3) is 0 Å². The summed E-state index contributed by atoms with van der Waals surface area (Å²) in [7, 11) is 5.84. The minimum atomic E-state index is 0.873. The number of allylic oxidation sites excluding steroid dienone is 5. The van der Waals surface area contributed by atoms with E-state index in [1.807, 2.05) is 20.2 Å². The van der Waals surface area contributed by atoms with Crippen LogP contribution in [0.15, 0.2) is 134 Å². The predicted molar refractivity (Wildman–Crippen MR) is 179 cm³/mol. The van der Waals surface area contributed by atoms with Gasteiger partial charge < -0.3 is 15.5 Å². The molecule has 3 aromatic carbocycles. The molecule has 0 unspecified atom stereocenters. The lowest BCUT2D eigenvalue weighted by atomic mass is 10.0. The van der Waals surface area contributed by atoms with Crippen LogP contribution in [-0.2, 0) is 6.42 Å². The normalized spacial score (nSPS) is 11.1. The Morgan fingerprint density at radius 1 is 0.850 bits per heavy atom. The average molecular weight is 536 g/mol. The maximum absolute atomic E-state index is 4.36. The summed E-state index contributed by atoms with van der Waals surface area (Å²) in [5, 5.41) is 6.41. The molecule has 0 amide bonds. The van der Waals surface area contributed by atoms with Crippen LogP contribution < -0.4 is 10.6 Å². The van der Waals surface area contributed by atoms with Crippen LogP contribution in [0.2, 0.25) is 0 Å². The first kappa shape index (κ1) is 33.9. The maximum Gasteiger partial charge on any atom is 0.106 e. The van der Waals surface area contributed by atoms with Gasteiger partial charge in [-0.05, 0) is 92.7 Å². The fraction of sp³-hybridized carbons (Fsp3) is 0.243. The number of nitrogens with one attached hydrogen (secondary N) is 2. The quantitative estimate of drug-likeness (QED) is 0.146. The lowest BCUT2D eigenvalue weighted by molar-refractivity contribution is 0.462. The minimum Gasteiger partial charge on any atom is -0.371 e. The van der Waals surface area contributed by atoms with Crippen LogP contribution in [0.3, 0.4) is 0 Å². The molecular formula is C37H49N3. The van der Waals surface area contributed by atoms with E-state index >= 15 is 0 Å². The molecule has 212 valence electrons. The van der Waals surface area contributed by atoms with E-state index in [-0.39, 0.29) is 0 Å².